The van der Waals surface area contributed by atoms with E-state index in [9.17, 15) is 9.59 Å². The van der Waals surface area contributed by atoms with Crippen LogP contribution >= 0.6 is 11.6 Å². The Kier molecular flexibility index (Phi) is 2.81. The fourth-order valence-electron chi connectivity index (χ4n) is 1.55. The number of fused-ring (bicyclic) bond motifs is 1. The molecular formula is C10H8ClNO5. The lowest BCUT2D eigenvalue weighted by Crippen LogP contribution is -2.15. The molecule has 0 amide bonds. The first kappa shape index (κ1) is 11.5. The zero-order valence-electron chi connectivity index (χ0n) is 9.00. The zero-order chi connectivity index (χ0) is 12.6. The molecule has 2 rings (SSSR count). The highest BCUT2D eigenvalue weighted by molar-refractivity contribution is 6.33. The normalized spacial score (nSPS) is 10.5. The number of benzene rings is 1. The number of H-pyrrole nitrogens is 1. The molecule has 7 heteroatoms. The van der Waals surface area contributed by atoms with Gasteiger partial charge in [-0.3, -0.25) is 4.98 Å². The maximum absolute atomic E-state index is 11.6. The van der Waals surface area contributed by atoms with Crippen molar-refractivity contribution in [3.8, 4) is 11.5 Å². The summed E-state index contributed by atoms with van der Waals surface area (Å²) in [7, 11) is 2.75. The zero-order valence-corrected chi connectivity index (χ0v) is 9.75. The van der Waals surface area contributed by atoms with E-state index in [2.05, 4.69) is 9.40 Å². The molecule has 2 aromatic rings. The van der Waals surface area contributed by atoms with E-state index < -0.39 is 11.4 Å². The van der Waals surface area contributed by atoms with Crippen molar-refractivity contribution in [2.45, 2.75) is 0 Å². The van der Waals surface area contributed by atoms with Crippen LogP contribution in [0.4, 0.5) is 0 Å². The number of aromatic amines is 1. The minimum atomic E-state index is -0.870. The van der Waals surface area contributed by atoms with E-state index in [1.54, 1.807) is 0 Å². The summed E-state index contributed by atoms with van der Waals surface area (Å²) < 4.78 is 14.5. The van der Waals surface area contributed by atoms with Crippen LogP contribution in [0.1, 0.15) is 0 Å². The largest absolute Gasteiger partial charge is 0.494 e. The molecule has 1 aromatic carbocycles. The Morgan fingerprint density at radius 1 is 1.29 bits per heavy atom. The molecule has 0 fully saturated rings. The fourth-order valence-corrected chi connectivity index (χ4v) is 1.82. The maximum atomic E-state index is 11.6. The van der Waals surface area contributed by atoms with Crippen molar-refractivity contribution in [1.29, 1.82) is 0 Å². The van der Waals surface area contributed by atoms with Crippen LogP contribution in [0.5, 0.6) is 11.5 Å². The van der Waals surface area contributed by atoms with Gasteiger partial charge < -0.3 is 13.9 Å². The highest BCUT2D eigenvalue weighted by atomic mass is 35.5. The monoisotopic (exact) mass is 257 g/mol. The molecule has 0 aliphatic carbocycles. The van der Waals surface area contributed by atoms with Gasteiger partial charge in [0.2, 0.25) is 0 Å². The summed E-state index contributed by atoms with van der Waals surface area (Å²) in [6.45, 7) is 0. The maximum Gasteiger partial charge on any atom is 0.419 e. The average molecular weight is 258 g/mol. The summed E-state index contributed by atoms with van der Waals surface area (Å²) in [4.78, 5) is 25.1. The van der Waals surface area contributed by atoms with Crippen molar-refractivity contribution in [3.05, 3.63) is 32.1 Å². The van der Waals surface area contributed by atoms with Gasteiger partial charge in [-0.2, -0.15) is 0 Å². The van der Waals surface area contributed by atoms with E-state index in [-0.39, 0.29) is 27.4 Å². The SMILES string of the molecule is COc1cc(Cl)c(OC)c2c(=O)oc(=O)[nH]c12. The summed E-state index contributed by atoms with van der Waals surface area (Å²) in [6.07, 6.45) is 0. The van der Waals surface area contributed by atoms with Crippen molar-refractivity contribution < 1.29 is 13.9 Å². The summed E-state index contributed by atoms with van der Waals surface area (Å²) in [5, 5.41) is 0.229. The third-order valence-electron chi connectivity index (χ3n) is 2.24. The van der Waals surface area contributed by atoms with E-state index >= 15 is 0 Å². The van der Waals surface area contributed by atoms with Gasteiger partial charge in [-0.05, 0) is 0 Å². The number of hydrogen-bond donors (Lipinski definition) is 1. The minimum Gasteiger partial charge on any atom is -0.494 e. The summed E-state index contributed by atoms with van der Waals surface area (Å²) in [5.74, 6) is -0.478. The molecule has 17 heavy (non-hydrogen) atoms. The predicted molar refractivity (Wildman–Crippen MR) is 61.2 cm³/mol. The van der Waals surface area contributed by atoms with Gasteiger partial charge in [0.25, 0.3) is 0 Å². The second-order valence-corrected chi connectivity index (χ2v) is 3.55. The Bertz CT molecular complexity index is 687. The van der Waals surface area contributed by atoms with Gasteiger partial charge in [-0.15, -0.1) is 0 Å². The summed E-state index contributed by atoms with van der Waals surface area (Å²) in [5.41, 5.74) is -0.642. The van der Waals surface area contributed by atoms with E-state index in [1.807, 2.05) is 0 Å². The smallest absolute Gasteiger partial charge is 0.419 e. The van der Waals surface area contributed by atoms with Crippen LogP contribution in [0, 0.1) is 0 Å². The van der Waals surface area contributed by atoms with Gasteiger partial charge in [0, 0.05) is 6.07 Å². The number of methoxy groups -OCH3 is 2. The van der Waals surface area contributed by atoms with Crippen molar-refractivity contribution in [3.63, 3.8) is 0 Å². The molecule has 0 spiro atoms. The second-order valence-electron chi connectivity index (χ2n) is 3.15. The number of aromatic nitrogens is 1. The molecule has 90 valence electrons. The molecule has 0 bridgehead atoms. The van der Waals surface area contributed by atoms with Crippen LogP contribution in [0.3, 0.4) is 0 Å². The van der Waals surface area contributed by atoms with Gasteiger partial charge in [0.15, 0.2) is 5.75 Å². The highest BCUT2D eigenvalue weighted by Crippen LogP contribution is 2.36. The summed E-state index contributed by atoms with van der Waals surface area (Å²) in [6, 6.07) is 1.44. The van der Waals surface area contributed by atoms with E-state index in [4.69, 9.17) is 21.1 Å². The molecule has 0 radical (unpaired) electrons. The van der Waals surface area contributed by atoms with Crippen LogP contribution in [0.25, 0.3) is 10.9 Å². The number of hydrogen-bond acceptors (Lipinski definition) is 5. The van der Waals surface area contributed by atoms with Crippen molar-refractivity contribution in [2.75, 3.05) is 14.2 Å². The summed E-state index contributed by atoms with van der Waals surface area (Å²) >= 11 is 5.92. The first-order valence-electron chi connectivity index (χ1n) is 4.56. The van der Waals surface area contributed by atoms with Crippen molar-refractivity contribution in [2.24, 2.45) is 0 Å². The van der Waals surface area contributed by atoms with E-state index in [0.717, 1.165) is 0 Å². The van der Waals surface area contributed by atoms with Crippen LogP contribution in [0.2, 0.25) is 5.02 Å². The lowest BCUT2D eigenvalue weighted by Gasteiger charge is -2.09. The molecular weight excluding hydrogens is 250 g/mol. The quantitative estimate of drug-likeness (QED) is 0.873. The Balaban J connectivity index is 3.08. The van der Waals surface area contributed by atoms with Gasteiger partial charge in [0.1, 0.15) is 16.7 Å². The Morgan fingerprint density at radius 2 is 2.00 bits per heavy atom. The van der Waals surface area contributed by atoms with Gasteiger partial charge in [-0.25, -0.2) is 9.59 Å². The van der Waals surface area contributed by atoms with Crippen LogP contribution < -0.4 is 20.9 Å². The van der Waals surface area contributed by atoms with Crippen LogP contribution in [-0.2, 0) is 0 Å². The number of ether oxygens (including phenoxy) is 2. The molecule has 6 nitrogen and oxygen atoms in total. The van der Waals surface area contributed by atoms with E-state index in [0.29, 0.717) is 0 Å². The third-order valence-corrected chi connectivity index (χ3v) is 2.52. The standard InChI is InChI=1S/C10H8ClNO5/c1-15-5-3-4(11)8(16-2)6-7(5)12-10(14)17-9(6)13/h3H,1-2H3,(H,12,14). The number of rotatable bonds is 2. The molecule has 1 N–H and O–H groups in total. The molecule has 0 saturated carbocycles. The lowest BCUT2D eigenvalue weighted by atomic mass is 10.2. The predicted octanol–water partition coefficient (Wildman–Crippen LogP) is 1.15. The first-order valence-corrected chi connectivity index (χ1v) is 4.94. The van der Waals surface area contributed by atoms with Crippen LogP contribution in [0.15, 0.2) is 20.1 Å². The van der Waals surface area contributed by atoms with Gasteiger partial charge in [-0.1, -0.05) is 11.6 Å². The molecule has 0 aliphatic rings. The molecule has 0 unspecified atom stereocenters. The molecule has 0 saturated heterocycles. The van der Waals surface area contributed by atoms with Gasteiger partial charge in [0.05, 0.1) is 19.2 Å². The lowest BCUT2D eigenvalue weighted by molar-refractivity contribution is 0.402. The Labute approximate surface area is 99.7 Å². The van der Waals surface area contributed by atoms with Crippen molar-refractivity contribution >= 4 is 22.5 Å². The topological polar surface area (TPSA) is 81.5 Å². The van der Waals surface area contributed by atoms with Crippen molar-refractivity contribution in [1.82, 2.24) is 4.98 Å². The molecule has 1 heterocycles. The Morgan fingerprint density at radius 3 is 2.59 bits per heavy atom. The highest BCUT2D eigenvalue weighted by Gasteiger charge is 2.17. The fraction of sp³-hybridized carbons (Fsp3) is 0.200. The number of nitrogens with one attached hydrogen (secondary N) is 1. The number of halogens is 1. The van der Waals surface area contributed by atoms with Crippen LogP contribution in [-0.4, -0.2) is 19.2 Å². The molecule has 1 aromatic heterocycles. The minimum absolute atomic E-state index is 0.0384. The average Bonchev–Trinajstić information content (AvgIpc) is 2.28. The third kappa shape index (κ3) is 1.76. The van der Waals surface area contributed by atoms with Gasteiger partial charge >= 0.3 is 11.4 Å². The van der Waals surface area contributed by atoms with E-state index in [1.165, 1.54) is 20.3 Å². The first-order chi connectivity index (χ1) is 8.08. The second kappa shape index (κ2) is 4.14. The Hall–Kier alpha value is -1.95. The molecule has 0 atom stereocenters. The molecule has 0 aliphatic heterocycles.